The lowest BCUT2D eigenvalue weighted by atomic mass is 9.95. The number of aliphatic hydroxyl groups excluding tert-OH is 1. The van der Waals surface area contributed by atoms with Crippen molar-refractivity contribution < 1.29 is 19.1 Å². The van der Waals surface area contributed by atoms with Crippen LogP contribution in [0.1, 0.15) is 37.8 Å². The van der Waals surface area contributed by atoms with Crippen molar-refractivity contribution in [2.75, 3.05) is 4.90 Å². The van der Waals surface area contributed by atoms with Crippen LogP contribution < -0.4 is 4.90 Å². The van der Waals surface area contributed by atoms with Gasteiger partial charge in [0, 0.05) is 12.1 Å². The average molecular weight is 379 g/mol. The van der Waals surface area contributed by atoms with Gasteiger partial charge in [-0.2, -0.15) is 0 Å². The Labute approximate surface area is 161 Å². The number of carbonyl (C=O) groups excluding carboxylic acids is 2. The minimum atomic E-state index is -0.812. The molecule has 0 fully saturated rings. The molecule has 1 aliphatic heterocycles. The van der Waals surface area contributed by atoms with E-state index in [1.54, 1.807) is 43.6 Å². The van der Waals surface area contributed by atoms with Gasteiger partial charge in [-0.1, -0.05) is 13.8 Å². The lowest BCUT2D eigenvalue weighted by Gasteiger charge is -2.25. The van der Waals surface area contributed by atoms with Gasteiger partial charge < -0.3 is 14.5 Å². The van der Waals surface area contributed by atoms with E-state index in [1.807, 2.05) is 13.8 Å². The number of ketones is 1. The molecule has 1 aliphatic rings. The Balaban J connectivity index is 1.85. The number of benzene rings is 1. The number of H-pyrrole nitrogens is 1. The molecule has 0 saturated heterocycles. The third kappa shape index (κ3) is 2.89. The van der Waals surface area contributed by atoms with Gasteiger partial charge in [-0.3, -0.25) is 14.5 Å². The van der Waals surface area contributed by atoms with Gasteiger partial charge in [0.25, 0.3) is 5.91 Å². The number of aromatic amines is 1. The summed E-state index contributed by atoms with van der Waals surface area (Å²) in [6, 6.07) is 7.99. The van der Waals surface area contributed by atoms with E-state index >= 15 is 0 Å². The first kappa shape index (κ1) is 18.0. The zero-order chi connectivity index (χ0) is 20.0. The molecule has 0 bridgehead atoms. The largest absolute Gasteiger partial charge is 0.503 e. The quantitative estimate of drug-likeness (QED) is 0.698. The van der Waals surface area contributed by atoms with Gasteiger partial charge in [0.05, 0.1) is 22.9 Å². The number of imidazole rings is 1. The lowest BCUT2D eigenvalue weighted by molar-refractivity contribution is -0.118. The summed E-state index contributed by atoms with van der Waals surface area (Å²) in [5.74, 6) is -0.207. The third-order valence-corrected chi connectivity index (χ3v) is 4.81. The minimum absolute atomic E-state index is 0.0813. The number of hydrogen-bond acceptors (Lipinski definition) is 5. The second-order valence-electron chi connectivity index (χ2n) is 7.41. The van der Waals surface area contributed by atoms with Crippen LogP contribution in [0.25, 0.3) is 11.0 Å². The Hall–Kier alpha value is -3.35. The normalized spacial score (nSPS) is 17.4. The molecule has 28 heavy (non-hydrogen) atoms. The zero-order valence-corrected chi connectivity index (χ0v) is 15.9. The number of hydrogen-bond donors (Lipinski definition) is 2. The molecule has 0 saturated carbocycles. The number of aryl methyl sites for hydroxylation is 1. The topological polar surface area (TPSA) is 99.4 Å². The molecule has 7 nitrogen and oxygen atoms in total. The Bertz CT molecular complexity index is 1110. The van der Waals surface area contributed by atoms with Crippen LogP contribution in [0, 0.1) is 12.8 Å². The number of rotatable bonds is 5. The summed E-state index contributed by atoms with van der Waals surface area (Å²) < 4.78 is 5.76. The van der Waals surface area contributed by atoms with Crippen molar-refractivity contribution >= 4 is 28.4 Å². The van der Waals surface area contributed by atoms with Crippen molar-refractivity contribution in [3.8, 4) is 0 Å². The summed E-state index contributed by atoms with van der Waals surface area (Å²) in [6.45, 7) is 5.63. The van der Waals surface area contributed by atoms with Crippen molar-refractivity contribution in [2.24, 2.45) is 5.92 Å². The molecule has 0 spiro atoms. The fraction of sp³-hybridized carbons (Fsp3) is 0.286. The van der Waals surface area contributed by atoms with Crippen LogP contribution in [0.3, 0.4) is 0 Å². The van der Waals surface area contributed by atoms with Crippen molar-refractivity contribution in [3.05, 3.63) is 59.5 Å². The molecule has 1 unspecified atom stereocenters. The first-order valence-electron chi connectivity index (χ1n) is 9.16. The highest BCUT2D eigenvalue weighted by atomic mass is 16.3. The van der Waals surface area contributed by atoms with Gasteiger partial charge in [-0.05, 0) is 43.2 Å². The summed E-state index contributed by atoms with van der Waals surface area (Å²) in [7, 11) is 0. The van der Waals surface area contributed by atoms with E-state index in [-0.39, 0.29) is 23.7 Å². The standard InChI is InChI=1S/C21H21N3O4/c1-11(2)8-16(25)18-19(17-7-4-12(3)28-17)24(21(27)20(18)26)13-5-6-14-15(9-13)23-10-22-14/h4-7,9-11,19,26H,8H2,1-3H3,(H,22,23). The number of amides is 1. The molecule has 1 aromatic carbocycles. The number of nitrogens with one attached hydrogen (secondary N) is 1. The molecule has 3 aromatic rings. The molecule has 2 aromatic heterocycles. The molecule has 144 valence electrons. The number of nitrogens with zero attached hydrogens (tertiary/aromatic N) is 2. The second-order valence-corrected chi connectivity index (χ2v) is 7.41. The van der Waals surface area contributed by atoms with E-state index in [9.17, 15) is 14.7 Å². The highest BCUT2D eigenvalue weighted by molar-refractivity contribution is 6.16. The van der Waals surface area contributed by atoms with Crippen LogP contribution in [0.2, 0.25) is 0 Å². The fourth-order valence-corrected chi connectivity index (χ4v) is 3.58. The smallest absolute Gasteiger partial charge is 0.294 e. The van der Waals surface area contributed by atoms with E-state index in [2.05, 4.69) is 9.97 Å². The summed E-state index contributed by atoms with van der Waals surface area (Å²) in [5.41, 5.74) is 2.13. The SMILES string of the molecule is Cc1ccc(C2C(C(=O)CC(C)C)=C(O)C(=O)N2c2ccc3nc[nH]c3c2)o1. The predicted molar refractivity (Wildman–Crippen MR) is 104 cm³/mol. The molecule has 0 radical (unpaired) electrons. The van der Waals surface area contributed by atoms with Crippen molar-refractivity contribution in [3.63, 3.8) is 0 Å². The fourth-order valence-electron chi connectivity index (χ4n) is 3.58. The first-order valence-corrected chi connectivity index (χ1v) is 9.16. The number of aromatic nitrogens is 2. The molecule has 0 aliphatic carbocycles. The van der Waals surface area contributed by atoms with Crippen molar-refractivity contribution in [2.45, 2.75) is 33.2 Å². The van der Waals surface area contributed by atoms with E-state index < -0.39 is 17.7 Å². The lowest BCUT2D eigenvalue weighted by Crippen LogP contribution is -2.30. The number of fused-ring (bicyclic) bond motifs is 1. The second kappa shape index (κ2) is 6.67. The summed E-state index contributed by atoms with van der Waals surface area (Å²) in [5, 5.41) is 10.6. The molecule has 4 rings (SSSR count). The third-order valence-electron chi connectivity index (χ3n) is 4.81. The number of Topliss-reactive ketones (excluding diaryl/α,β-unsaturated/α-hetero) is 1. The van der Waals surface area contributed by atoms with Crippen LogP contribution in [0.4, 0.5) is 5.69 Å². The maximum absolute atomic E-state index is 13.0. The van der Waals surface area contributed by atoms with Gasteiger partial charge in [0.15, 0.2) is 11.5 Å². The Morgan fingerprint density at radius 1 is 1.32 bits per heavy atom. The van der Waals surface area contributed by atoms with Gasteiger partial charge in [-0.15, -0.1) is 0 Å². The van der Waals surface area contributed by atoms with Crippen LogP contribution in [0.15, 0.2) is 52.4 Å². The summed E-state index contributed by atoms with van der Waals surface area (Å²) in [6.07, 6.45) is 1.80. The average Bonchev–Trinajstić information content (AvgIpc) is 3.33. The highest BCUT2D eigenvalue weighted by Crippen LogP contribution is 2.42. The van der Waals surface area contributed by atoms with E-state index in [0.29, 0.717) is 17.2 Å². The Morgan fingerprint density at radius 2 is 2.11 bits per heavy atom. The molecule has 2 N–H and O–H groups in total. The Morgan fingerprint density at radius 3 is 2.79 bits per heavy atom. The monoisotopic (exact) mass is 379 g/mol. The van der Waals surface area contributed by atoms with Crippen LogP contribution >= 0.6 is 0 Å². The maximum atomic E-state index is 13.0. The molecule has 1 atom stereocenters. The van der Waals surface area contributed by atoms with Crippen molar-refractivity contribution in [1.29, 1.82) is 0 Å². The highest BCUT2D eigenvalue weighted by Gasteiger charge is 2.45. The molecule has 1 amide bonds. The molecule has 7 heteroatoms. The van der Waals surface area contributed by atoms with Gasteiger partial charge >= 0.3 is 0 Å². The predicted octanol–water partition coefficient (Wildman–Crippen LogP) is 3.98. The Kier molecular flexibility index (Phi) is 4.30. The minimum Gasteiger partial charge on any atom is -0.503 e. The van der Waals surface area contributed by atoms with Gasteiger partial charge in [0.1, 0.15) is 17.6 Å². The van der Waals surface area contributed by atoms with Gasteiger partial charge in [-0.25, -0.2) is 4.98 Å². The van der Waals surface area contributed by atoms with E-state index in [0.717, 1.165) is 11.0 Å². The van der Waals surface area contributed by atoms with Gasteiger partial charge in [0.2, 0.25) is 0 Å². The molecular weight excluding hydrogens is 358 g/mol. The summed E-state index contributed by atoms with van der Waals surface area (Å²) >= 11 is 0. The number of anilines is 1. The van der Waals surface area contributed by atoms with Crippen molar-refractivity contribution in [1.82, 2.24) is 9.97 Å². The van der Waals surface area contributed by atoms with Crippen LogP contribution in [0.5, 0.6) is 0 Å². The van der Waals surface area contributed by atoms with Crippen LogP contribution in [-0.2, 0) is 9.59 Å². The van der Waals surface area contributed by atoms with Crippen LogP contribution in [-0.4, -0.2) is 26.8 Å². The molecular formula is C21H21N3O4. The number of carbonyl (C=O) groups is 2. The zero-order valence-electron chi connectivity index (χ0n) is 15.9. The number of furan rings is 1. The van der Waals surface area contributed by atoms with E-state index in [4.69, 9.17) is 4.42 Å². The first-order chi connectivity index (χ1) is 13.4. The maximum Gasteiger partial charge on any atom is 0.294 e. The summed E-state index contributed by atoms with van der Waals surface area (Å²) in [4.78, 5) is 34.5. The number of aliphatic hydroxyl groups is 1. The molecule has 3 heterocycles. The van der Waals surface area contributed by atoms with E-state index in [1.165, 1.54) is 4.90 Å².